The molecule has 0 aromatic carbocycles. The first-order valence-electron chi connectivity index (χ1n) is 7.44. The summed E-state index contributed by atoms with van der Waals surface area (Å²) in [7, 11) is 0. The molecule has 1 fully saturated rings. The first-order valence-corrected chi connectivity index (χ1v) is 7.44. The predicted octanol–water partition coefficient (Wildman–Crippen LogP) is 3.00. The van der Waals surface area contributed by atoms with Crippen molar-refractivity contribution < 1.29 is 4.74 Å². The van der Waals surface area contributed by atoms with Crippen LogP contribution < -0.4 is 5.73 Å². The molecule has 0 amide bonds. The number of guanidine groups is 1. The minimum absolute atomic E-state index is 0. The van der Waals surface area contributed by atoms with Crippen molar-refractivity contribution in [3.05, 3.63) is 0 Å². The molecule has 0 saturated heterocycles. The van der Waals surface area contributed by atoms with Crippen LogP contribution in [0, 0.1) is 0 Å². The van der Waals surface area contributed by atoms with Crippen LogP contribution in [0.4, 0.5) is 0 Å². The molecule has 2 N–H and O–H groups in total. The van der Waals surface area contributed by atoms with Crippen molar-refractivity contribution in [2.45, 2.75) is 58.5 Å². The van der Waals surface area contributed by atoms with Crippen LogP contribution in [0.15, 0.2) is 4.99 Å². The maximum Gasteiger partial charge on any atom is 0.191 e. The molecule has 0 aliphatic heterocycles. The fourth-order valence-electron chi connectivity index (χ4n) is 2.44. The standard InChI is InChI=1S/C14H29N3O.HI/c1-3-17(4-2)14(15)16-11-12-18-13-9-7-5-6-8-10-13;/h13H,3-12H2,1-2H3,(H2,15,16);1H. The van der Waals surface area contributed by atoms with E-state index in [1.54, 1.807) is 0 Å². The Bertz CT molecular complexity index is 237. The zero-order valence-electron chi connectivity index (χ0n) is 12.4. The molecule has 0 aromatic heterocycles. The van der Waals surface area contributed by atoms with E-state index < -0.39 is 0 Å². The van der Waals surface area contributed by atoms with Gasteiger partial charge in [0.2, 0.25) is 0 Å². The Hall–Kier alpha value is -0.0400. The zero-order valence-corrected chi connectivity index (χ0v) is 14.8. The van der Waals surface area contributed by atoms with E-state index in [1.807, 2.05) is 0 Å². The van der Waals surface area contributed by atoms with E-state index in [9.17, 15) is 0 Å². The molecule has 0 heterocycles. The normalized spacial score (nSPS) is 17.7. The lowest BCUT2D eigenvalue weighted by Crippen LogP contribution is -2.37. The number of hydrogen-bond acceptors (Lipinski definition) is 2. The Kier molecular flexibility index (Phi) is 11.7. The lowest BCUT2D eigenvalue weighted by Gasteiger charge is -2.19. The third-order valence-corrected chi connectivity index (χ3v) is 3.61. The minimum atomic E-state index is 0. The lowest BCUT2D eigenvalue weighted by atomic mass is 10.1. The second kappa shape index (κ2) is 11.8. The van der Waals surface area contributed by atoms with Gasteiger partial charge >= 0.3 is 0 Å². The van der Waals surface area contributed by atoms with Gasteiger partial charge in [-0.2, -0.15) is 0 Å². The van der Waals surface area contributed by atoms with E-state index in [0.29, 0.717) is 25.2 Å². The van der Waals surface area contributed by atoms with E-state index in [2.05, 4.69) is 23.7 Å². The minimum Gasteiger partial charge on any atom is -0.376 e. The topological polar surface area (TPSA) is 50.8 Å². The number of aliphatic imine (C=N–C) groups is 1. The van der Waals surface area contributed by atoms with Crippen molar-refractivity contribution in [1.29, 1.82) is 0 Å². The summed E-state index contributed by atoms with van der Waals surface area (Å²) in [5, 5.41) is 0. The summed E-state index contributed by atoms with van der Waals surface area (Å²) in [5.74, 6) is 0.643. The van der Waals surface area contributed by atoms with Gasteiger partial charge in [0.25, 0.3) is 0 Å². The molecule has 4 nitrogen and oxygen atoms in total. The summed E-state index contributed by atoms with van der Waals surface area (Å²) in [5.41, 5.74) is 5.90. The van der Waals surface area contributed by atoms with Gasteiger partial charge in [0.15, 0.2) is 5.96 Å². The van der Waals surface area contributed by atoms with E-state index in [4.69, 9.17) is 10.5 Å². The number of ether oxygens (including phenoxy) is 1. The molecule has 0 spiro atoms. The van der Waals surface area contributed by atoms with Gasteiger partial charge in [-0.15, -0.1) is 24.0 Å². The Morgan fingerprint density at radius 3 is 2.26 bits per heavy atom. The van der Waals surface area contributed by atoms with E-state index >= 15 is 0 Å². The second-order valence-corrected chi connectivity index (χ2v) is 4.90. The monoisotopic (exact) mass is 383 g/mol. The van der Waals surface area contributed by atoms with Gasteiger partial charge in [-0.05, 0) is 26.7 Å². The smallest absolute Gasteiger partial charge is 0.191 e. The Labute approximate surface area is 135 Å². The Morgan fingerprint density at radius 1 is 1.16 bits per heavy atom. The molecule has 5 heteroatoms. The van der Waals surface area contributed by atoms with E-state index in [1.165, 1.54) is 38.5 Å². The highest BCUT2D eigenvalue weighted by molar-refractivity contribution is 14.0. The van der Waals surface area contributed by atoms with Gasteiger partial charge in [0, 0.05) is 13.1 Å². The zero-order chi connectivity index (χ0) is 13.2. The van der Waals surface area contributed by atoms with Gasteiger partial charge in [-0.3, -0.25) is 4.99 Å². The largest absolute Gasteiger partial charge is 0.376 e. The van der Waals surface area contributed by atoms with Crippen LogP contribution in [0.5, 0.6) is 0 Å². The molecular weight excluding hydrogens is 353 g/mol. The first kappa shape index (κ1) is 19.0. The van der Waals surface area contributed by atoms with Gasteiger partial charge in [0.1, 0.15) is 0 Å². The predicted molar refractivity (Wildman–Crippen MR) is 92.3 cm³/mol. The van der Waals surface area contributed by atoms with Gasteiger partial charge in [0.05, 0.1) is 19.3 Å². The fraction of sp³-hybridized carbons (Fsp3) is 0.929. The van der Waals surface area contributed by atoms with Crippen LogP contribution >= 0.6 is 24.0 Å². The molecule has 0 aromatic rings. The summed E-state index contributed by atoms with van der Waals surface area (Å²) >= 11 is 0. The van der Waals surface area contributed by atoms with Crippen LogP contribution in [-0.4, -0.2) is 43.2 Å². The molecular formula is C14H30IN3O. The highest BCUT2D eigenvalue weighted by atomic mass is 127. The highest BCUT2D eigenvalue weighted by Crippen LogP contribution is 2.19. The summed E-state index contributed by atoms with van der Waals surface area (Å²) in [6, 6.07) is 0. The second-order valence-electron chi connectivity index (χ2n) is 4.90. The number of nitrogens with zero attached hydrogens (tertiary/aromatic N) is 2. The number of nitrogens with two attached hydrogens (primary N) is 1. The Morgan fingerprint density at radius 2 is 1.74 bits per heavy atom. The molecule has 0 atom stereocenters. The van der Waals surface area contributed by atoms with Crippen molar-refractivity contribution in [2.75, 3.05) is 26.2 Å². The van der Waals surface area contributed by atoms with Gasteiger partial charge in [-0.25, -0.2) is 0 Å². The quantitative estimate of drug-likeness (QED) is 0.252. The number of hydrogen-bond donors (Lipinski definition) is 1. The lowest BCUT2D eigenvalue weighted by molar-refractivity contribution is 0.0486. The summed E-state index contributed by atoms with van der Waals surface area (Å²) in [4.78, 5) is 6.43. The van der Waals surface area contributed by atoms with Crippen molar-refractivity contribution in [1.82, 2.24) is 4.90 Å². The third-order valence-electron chi connectivity index (χ3n) is 3.61. The summed E-state index contributed by atoms with van der Waals surface area (Å²) in [6.07, 6.45) is 8.26. The molecule has 19 heavy (non-hydrogen) atoms. The van der Waals surface area contributed by atoms with E-state index in [-0.39, 0.29) is 24.0 Å². The van der Waals surface area contributed by atoms with Crippen molar-refractivity contribution in [3.8, 4) is 0 Å². The van der Waals surface area contributed by atoms with Gasteiger partial charge < -0.3 is 15.4 Å². The van der Waals surface area contributed by atoms with Crippen molar-refractivity contribution in [2.24, 2.45) is 10.7 Å². The molecule has 1 saturated carbocycles. The molecule has 1 rings (SSSR count). The molecule has 0 unspecified atom stereocenters. The number of halogens is 1. The third kappa shape index (κ3) is 7.97. The molecule has 114 valence electrons. The highest BCUT2D eigenvalue weighted by Gasteiger charge is 2.11. The maximum atomic E-state index is 5.90. The molecule has 0 bridgehead atoms. The fourth-order valence-corrected chi connectivity index (χ4v) is 2.44. The van der Waals surface area contributed by atoms with Crippen LogP contribution in [0.3, 0.4) is 0 Å². The number of rotatable bonds is 6. The molecule has 1 aliphatic rings. The van der Waals surface area contributed by atoms with Gasteiger partial charge in [-0.1, -0.05) is 25.7 Å². The van der Waals surface area contributed by atoms with Crippen molar-refractivity contribution >= 4 is 29.9 Å². The molecule has 0 radical (unpaired) electrons. The Balaban J connectivity index is 0.00000324. The van der Waals surface area contributed by atoms with Crippen LogP contribution in [-0.2, 0) is 4.74 Å². The first-order chi connectivity index (χ1) is 8.77. The van der Waals surface area contributed by atoms with Crippen LogP contribution in [0.25, 0.3) is 0 Å². The van der Waals surface area contributed by atoms with E-state index in [0.717, 1.165) is 13.1 Å². The average Bonchev–Trinajstić information content (AvgIpc) is 2.65. The summed E-state index contributed by atoms with van der Waals surface area (Å²) < 4.78 is 5.88. The maximum absolute atomic E-state index is 5.90. The van der Waals surface area contributed by atoms with Crippen LogP contribution in [0.2, 0.25) is 0 Å². The SMILES string of the molecule is CCN(CC)C(N)=NCCOC1CCCCCC1.I. The van der Waals surface area contributed by atoms with Crippen LogP contribution in [0.1, 0.15) is 52.4 Å². The average molecular weight is 383 g/mol. The summed E-state index contributed by atoms with van der Waals surface area (Å²) in [6.45, 7) is 7.39. The molecule has 1 aliphatic carbocycles. The van der Waals surface area contributed by atoms with Crippen molar-refractivity contribution in [3.63, 3.8) is 0 Å².